The summed E-state index contributed by atoms with van der Waals surface area (Å²) < 4.78 is 11.2. The van der Waals surface area contributed by atoms with Crippen LogP contribution in [0.1, 0.15) is 31.0 Å². The molecule has 0 aliphatic carbocycles. The summed E-state index contributed by atoms with van der Waals surface area (Å²) in [4.78, 5) is 9.22. The average Bonchev–Trinajstić information content (AvgIpc) is 2.66. The predicted molar refractivity (Wildman–Crippen MR) is 110 cm³/mol. The van der Waals surface area contributed by atoms with Crippen LogP contribution in [0.15, 0.2) is 59.8 Å². The Labute approximate surface area is 168 Å². The van der Waals surface area contributed by atoms with Crippen molar-refractivity contribution in [1.82, 2.24) is 9.97 Å². The number of halogens is 1. The van der Waals surface area contributed by atoms with E-state index in [1.54, 1.807) is 18.9 Å². The summed E-state index contributed by atoms with van der Waals surface area (Å²) in [5.74, 6) is 2.94. The minimum absolute atomic E-state index is 0.270. The second kappa shape index (κ2) is 9.11. The lowest BCUT2D eigenvalue weighted by Gasteiger charge is -2.11. The lowest BCUT2D eigenvalue weighted by molar-refractivity contribution is 0.406. The molecule has 0 atom stereocenters. The van der Waals surface area contributed by atoms with Crippen molar-refractivity contribution in [1.29, 1.82) is 0 Å². The van der Waals surface area contributed by atoms with Crippen LogP contribution in [0, 0.1) is 0 Å². The van der Waals surface area contributed by atoms with E-state index >= 15 is 0 Å². The van der Waals surface area contributed by atoms with Gasteiger partial charge in [0.05, 0.1) is 12.8 Å². The molecule has 27 heavy (non-hydrogen) atoms. The zero-order valence-electron chi connectivity index (χ0n) is 15.5. The first-order valence-electron chi connectivity index (χ1n) is 8.61. The van der Waals surface area contributed by atoms with Gasteiger partial charge in [0, 0.05) is 22.9 Å². The van der Waals surface area contributed by atoms with Gasteiger partial charge in [0.1, 0.15) is 11.5 Å². The molecule has 0 unspecified atom stereocenters. The van der Waals surface area contributed by atoms with Gasteiger partial charge in [-0.3, -0.25) is 0 Å². The summed E-state index contributed by atoms with van der Waals surface area (Å²) in [6.07, 6.45) is 0. The maximum Gasteiger partial charge on any atom is 0.223 e. The van der Waals surface area contributed by atoms with Gasteiger partial charge in [-0.2, -0.15) is 4.98 Å². The molecule has 6 heteroatoms. The zero-order valence-corrected chi connectivity index (χ0v) is 17.1. The Hall–Kier alpha value is -2.24. The van der Waals surface area contributed by atoms with E-state index in [1.165, 1.54) is 0 Å². The van der Waals surface area contributed by atoms with Crippen molar-refractivity contribution in [3.8, 4) is 17.4 Å². The molecule has 0 saturated heterocycles. The highest BCUT2D eigenvalue weighted by Gasteiger charge is 2.11. The Balaban J connectivity index is 1.81. The van der Waals surface area contributed by atoms with Crippen LogP contribution in [0.25, 0.3) is 0 Å². The highest BCUT2D eigenvalue weighted by Crippen LogP contribution is 2.29. The lowest BCUT2D eigenvalue weighted by Crippen LogP contribution is -2.00. The third-order valence-corrected chi connectivity index (χ3v) is 4.97. The van der Waals surface area contributed by atoms with Gasteiger partial charge in [0.2, 0.25) is 5.88 Å². The van der Waals surface area contributed by atoms with Crippen LogP contribution in [0.4, 0.5) is 0 Å². The molecule has 1 heterocycles. The van der Waals surface area contributed by atoms with E-state index in [0.29, 0.717) is 16.8 Å². The summed E-state index contributed by atoms with van der Waals surface area (Å²) >= 11 is 7.62. The van der Waals surface area contributed by atoms with Crippen molar-refractivity contribution in [2.75, 3.05) is 7.11 Å². The van der Waals surface area contributed by atoms with Crippen molar-refractivity contribution >= 4 is 23.4 Å². The monoisotopic (exact) mass is 400 g/mol. The summed E-state index contributed by atoms with van der Waals surface area (Å²) in [6.45, 7) is 4.20. The van der Waals surface area contributed by atoms with Gasteiger partial charge in [0.15, 0.2) is 5.16 Å². The number of aromatic nitrogens is 2. The van der Waals surface area contributed by atoms with Gasteiger partial charge in [0.25, 0.3) is 0 Å². The van der Waals surface area contributed by atoms with Crippen LogP contribution in [-0.4, -0.2) is 17.1 Å². The van der Waals surface area contributed by atoms with Gasteiger partial charge in [-0.05, 0) is 35.7 Å². The molecule has 0 amide bonds. The molecule has 0 spiro atoms. The molecule has 0 fully saturated rings. The molecule has 140 valence electrons. The first kappa shape index (κ1) is 19.5. The van der Waals surface area contributed by atoms with E-state index in [0.717, 1.165) is 27.8 Å². The fraction of sp³-hybridized carbons (Fsp3) is 0.238. The number of nitrogens with zero attached hydrogens (tertiary/aromatic N) is 2. The van der Waals surface area contributed by atoms with E-state index in [1.807, 2.05) is 54.6 Å². The fourth-order valence-corrected chi connectivity index (χ4v) is 3.41. The van der Waals surface area contributed by atoms with E-state index in [4.69, 9.17) is 21.1 Å². The van der Waals surface area contributed by atoms with Gasteiger partial charge < -0.3 is 9.47 Å². The largest absolute Gasteiger partial charge is 0.497 e. The number of rotatable bonds is 7. The minimum Gasteiger partial charge on any atom is -0.497 e. The van der Waals surface area contributed by atoms with Crippen molar-refractivity contribution in [3.05, 3.63) is 70.9 Å². The highest BCUT2D eigenvalue weighted by molar-refractivity contribution is 7.98. The normalized spacial score (nSPS) is 10.9. The molecule has 1 aromatic heterocycles. The third kappa shape index (κ3) is 5.62. The standard InChI is InChI=1S/C21H21ClN2O2S/c1-14(2)19-12-20(26-18-9-5-8-17(11-18)25-3)24-21(23-19)27-13-15-6-4-7-16(22)10-15/h4-12,14H,13H2,1-3H3. The Kier molecular flexibility index (Phi) is 6.58. The second-order valence-corrected chi connectivity index (χ2v) is 7.65. The number of ether oxygens (including phenoxy) is 2. The summed E-state index contributed by atoms with van der Waals surface area (Å²) in [7, 11) is 1.63. The van der Waals surface area contributed by atoms with Gasteiger partial charge in [-0.15, -0.1) is 0 Å². The summed E-state index contributed by atoms with van der Waals surface area (Å²) in [5, 5.41) is 1.41. The summed E-state index contributed by atoms with van der Waals surface area (Å²) in [6, 6.07) is 17.1. The van der Waals surface area contributed by atoms with Gasteiger partial charge >= 0.3 is 0 Å². The number of hydrogen-bond donors (Lipinski definition) is 0. The Morgan fingerprint density at radius 2 is 1.78 bits per heavy atom. The molecule has 3 rings (SSSR count). The van der Waals surface area contributed by atoms with E-state index in [-0.39, 0.29) is 5.92 Å². The molecule has 0 aliphatic heterocycles. The predicted octanol–water partition coefficient (Wildman–Crippen LogP) is 6.35. The number of hydrogen-bond acceptors (Lipinski definition) is 5. The van der Waals surface area contributed by atoms with Crippen LogP contribution < -0.4 is 9.47 Å². The molecular weight excluding hydrogens is 380 g/mol. The van der Waals surface area contributed by atoms with Crippen molar-refractivity contribution in [3.63, 3.8) is 0 Å². The molecular formula is C21H21ClN2O2S. The Morgan fingerprint density at radius 3 is 2.52 bits per heavy atom. The molecule has 0 radical (unpaired) electrons. The van der Waals surface area contributed by atoms with Gasteiger partial charge in [-0.1, -0.05) is 55.4 Å². The lowest BCUT2D eigenvalue weighted by atomic mass is 10.1. The van der Waals surface area contributed by atoms with Crippen molar-refractivity contribution in [2.24, 2.45) is 0 Å². The van der Waals surface area contributed by atoms with Crippen molar-refractivity contribution < 1.29 is 9.47 Å². The molecule has 2 aromatic carbocycles. The maximum atomic E-state index is 6.06. The number of benzene rings is 2. The SMILES string of the molecule is COc1cccc(Oc2cc(C(C)C)nc(SCc3cccc(Cl)c3)n2)c1. The second-order valence-electron chi connectivity index (χ2n) is 6.27. The first-order valence-corrected chi connectivity index (χ1v) is 9.98. The van der Waals surface area contributed by atoms with E-state index in [9.17, 15) is 0 Å². The van der Waals surface area contributed by atoms with Crippen LogP contribution in [-0.2, 0) is 5.75 Å². The Morgan fingerprint density at radius 1 is 1.00 bits per heavy atom. The quantitative estimate of drug-likeness (QED) is 0.341. The Bertz CT molecular complexity index is 918. The molecule has 0 saturated carbocycles. The van der Waals surface area contributed by atoms with E-state index < -0.39 is 0 Å². The third-order valence-electron chi connectivity index (χ3n) is 3.81. The van der Waals surface area contributed by atoms with Crippen LogP contribution in [0.2, 0.25) is 5.02 Å². The molecule has 0 bridgehead atoms. The minimum atomic E-state index is 0.270. The molecule has 0 aliphatic rings. The first-order chi connectivity index (χ1) is 13.0. The van der Waals surface area contributed by atoms with Crippen molar-refractivity contribution in [2.45, 2.75) is 30.7 Å². The molecule has 4 nitrogen and oxygen atoms in total. The number of methoxy groups -OCH3 is 1. The van der Waals surface area contributed by atoms with Crippen LogP contribution in [0.3, 0.4) is 0 Å². The smallest absolute Gasteiger partial charge is 0.223 e. The molecule has 0 N–H and O–H groups in total. The fourth-order valence-electron chi connectivity index (χ4n) is 2.39. The molecule has 3 aromatic rings. The van der Waals surface area contributed by atoms with Crippen LogP contribution >= 0.6 is 23.4 Å². The highest BCUT2D eigenvalue weighted by atomic mass is 35.5. The van der Waals surface area contributed by atoms with Gasteiger partial charge in [-0.25, -0.2) is 4.98 Å². The van der Waals surface area contributed by atoms with E-state index in [2.05, 4.69) is 23.8 Å². The number of thioether (sulfide) groups is 1. The average molecular weight is 401 g/mol. The summed E-state index contributed by atoms with van der Waals surface area (Å²) in [5.41, 5.74) is 2.07. The van der Waals surface area contributed by atoms with Crippen LogP contribution in [0.5, 0.6) is 17.4 Å². The maximum absolute atomic E-state index is 6.06. The topological polar surface area (TPSA) is 44.2 Å². The zero-order chi connectivity index (χ0) is 19.2.